The number of methoxy groups -OCH3 is 1. The summed E-state index contributed by atoms with van der Waals surface area (Å²) < 4.78 is 18.0. The molecule has 0 atom stereocenters. The summed E-state index contributed by atoms with van der Waals surface area (Å²) in [4.78, 5) is 26.7. The van der Waals surface area contributed by atoms with E-state index in [2.05, 4.69) is 48.8 Å². The van der Waals surface area contributed by atoms with E-state index >= 15 is 0 Å². The molecule has 6 nitrogen and oxygen atoms in total. The Morgan fingerprint density at radius 2 is 1.86 bits per heavy atom. The number of esters is 1. The maximum atomic E-state index is 12.9. The van der Waals surface area contributed by atoms with Gasteiger partial charge in [0.05, 0.1) is 29.5 Å². The fraction of sp³-hybridized carbons (Fsp3) is 0.370. The molecule has 3 rings (SSSR count). The number of benzene rings is 2. The van der Waals surface area contributed by atoms with Crippen molar-refractivity contribution in [2.45, 2.75) is 47.1 Å². The molecule has 1 aliphatic rings. The third-order valence-electron chi connectivity index (χ3n) is 5.75. The van der Waals surface area contributed by atoms with Crippen LogP contribution in [-0.4, -0.2) is 41.4 Å². The summed E-state index contributed by atoms with van der Waals surface area (Å²) in [7, 11) is 1.58. The Morgan fingerprint density at radius 1 is 1.14 bits per heavy atom. The summed E-state index contributed by atoms with van der Waals surface area (Å²) in [5, 5.41) is 0. The van der Waals surface area contributed by atoms with E-state index in [4.69, 9.17) is 26.4 Å². The summed E-state index contributed by atoms with van der Waals surface area (Å²) >= 11 is 10.2. The Kier molecular flexibility index (Phi) is 9.99. The average molecular weight is 593 g/mol. The Labute approximate surface area is 230 Å². The SMILES string of the molecule is CCCOC(=O)CCN1C(=O)/C(=C\c2cc(Br)c(OCc3cc(C)c(C)cc3C)c(OC)c2)SC1=S. The van der Waals surface area contributed by atoms with Gasteiger partial charge in [-0.1, -0.05) is 43.0 Å². The minimum atomic E-state index is -0.338. The van der Waals surface area contributed by atoms with Crippen LogP contribution < -0.4 is 9.47 Å². The zero-order chi connectivity index (χ0) is 26.4. The summed E-state index contributed by atoms with van der Waals surface area (Å²) in [6.45, 7) is 9.16. The first-order valence-electron chi connectivity index (χ1n) is 11.6. The second kappa shape index (κ2) is 12.7. The zero-order valence-electron chi connectivity index (χ0n) is 21.1. The lowest BCUT2D eigenvalue weighted by Crippen LogP contribution is -2.30. The van der Waals surface area contributed by atoms with Gasteiger partial charge in [0.15, 0.2) is 11.5 Å². The minimum Gasteiger partial charge on any atom is -0.493 e. The Balaban J connectivity index is 1.75. The Hall–Kier alpha value is -2.36. The van der Waals surface area contributed by atoms with E-state index in [1.165, 1.54) is 33.4 Å². The van der Waals surface area contributed by atoms with Crippen molar-refractivity contribution in [2.24, 2.45) is 0 Å². The number of thioether (sulfide) groups is 1. The molecule has 1 amide bonds. The number of amides is 1. The number of ether oxygens (including phenoxy) is 3. The van der Waals surface area contributed by atoms with Gasteiger partial charge in [0.2, 0.25) is 0 Å². The molecule has 1 heterocycles. The molecule has 0 unspecified atom stereocenters. The van der Waals surface area contributed by atoms with Crippen LogP contribution in [0.4, 0.5) is 0 Å². The second-order valence-electron chi connectivity index (χ2n) is 8.49. The maximum Gasteiger partial charge on any atom is 0.307 e. The lowest BCUT2D eigenvalue weighted by molar-refractivity contribution is -0.143. The van der Waals surface area contributed by atoms with Gasteiger partial charge in [-0.25, -0.2) is 0 Å². The zero-order valence-corrected chi connectivity index (χ0v) is 24.3. The first-order valence-corrected chi connectivity index (χ1v) is 13.6. The van der Waals surface area contributed by atoms with Crippen LogP contribution in [-0.2, 0) is 20.9 Å². The van der Waals surface area contributed by atoms with Gasteiger partial charge >= 0.3 is 5.97 Å². The lowest BCUT2D eigenvalue weighted by atomic mass is 10.0. The fourth-order valence-corrected chi connectivity index (χ4v) is 5.51. The van der Waals surface area contributed by atoms with Crippen LogP contribution in [0.25, 0.3) is 6.08 Å². The van der Waals surface area contributed by atoms with Crippen molar-refractivity contribution in [2.75, 3.05) is 20.3 Å². The van der Waals surface area contributed by atoms with Gasteiger partial charge in [-0.2, -0.15) is 0 Å². The highest BCUT2D eigenvalue weighted by Crippen LogP contribution is 2.39. The van der Waals surface area contributed by atoms with Crippen molar-refractivity contribution in [3.63, 3.8) is 0 Å². The molecule has 0 aliphatic carbocycles. The van der Waals surface area contributed by atoms with E-state index in [-0.39, 0.29) is 24.8 Å². The quantitative estimate of drug-likeness (QED) is 0.177. The van der Waals surface area contributed by atoms with E-state index in [0.29, 0.717) is 38.4 Å². The highest BCUT2D eigenvalue weighted by Gasteiger charge is 2.32. The van der Waals surface area contributed by atoms with Crippen molar-refractivity contribution in [3.05, 3.63) is 61.5 Å². The number of carbonyl (C=O) groups is 2. The number of halogens is 1. The van der Waals surface area contributed by atoms with Crippen LogP contribution >= 0.6 is 39.9 Å². The van der Waals surface area contributed by atoms with Crippen molar-refractivity contribution in [1.82, 2.24) is 4.90 Å². The number of aryl methyl sites for hydroxylation is 3. The van der Waals surface area contributed by atoms with Crippen LogP contribution in [0, 0.1) is 20.8 Å². The molecule has 1 saturated heterocycles. The predicted molar refractivity (Wildman–Crippen MR) is 151 cm³/mol. The topological polar surface area (TPSA) is 65.1 Å². The third kappa shape index (κ3) is 6.89. The molecule has 0 radical (unpaired) electrons. The predicted octanol–water partition coefficient (Wildman–Crippen LogP) is 6.51. The molecule has 2 aromatic rings. The third-order valence-corrected chi connectivity index (χ3v) is 7.72. The molecular formula is C27H30BrNO5S2. The van der Waals surface area contributed by atoms with E-state index in [9.17, 15) is 9.59 Å². The first-order chi connectivity index (χ1) is 17.1. The number of carbonyl (C=O) groups excluding carboxylic acids is 2. The first kappa shape index (κ1) is 28.2. The number of thiocarbonyl (C=S) groups is 1. The van der Waals surface area contributed by atoms with E-state index in [0.717, 1.165) is 17.5 Å². The molecule has 0 N–H and O–H groups in total. The van der Waals surface area contributed by atoms with Gasteiger partial charge in [0.1, 0.15) is 10.9 Å². The monoisotopic (exact) mass is 591 g/mol. The van der Waals surface area contributed by atoms with Gasteiger partial charge in [0.25, 0.3) is 5.91 Å². The van der Waals surface area contributed by atoms with Crippen molar-refractivity contribution in [1.29, 1.82) is 0 Å². The summed E-state index contributed by atoms with van der Waals surface area (Å²) in [5.74, 6) is 0.570. The maximum absolute atomic E-state index is 12.9. The highest BCUT2D eigenvalue weighted by molar-refractivity contribution is 9.10. The van der Waals surface area contributed by atoms with Gasteiger partial charge in [-0.15, -0.1) is 0 Å². The second-order valence-corrected chi connectivity index (χ2v) is 11.0. The van der Waals surface area contributed by atoms with Crippen LogP contribution in [0.2, 0.25) is 0 Å². The molecule has 192 valence electrons. The number of hydrogen-bond acceptors (Lipinski definition) is 7. The van der Waals surface area contributed by atoms with E-state index in [1.807, 2.05) is 19.1 Å². The molecule has 0 saturated carbocycles. The molecule has 1 aliphatic heterocycles. The van der Waals surface area contributed by atoms with E-state index < -0.39 is 0 Å². The van der Waals surface area contributed by atoms with Crippen molar-refractivity contribution >= 4 is 62.2 Å². The van der Waals surface area contributed by atoms with Gasteiger partial charge < -0.3 is 14.2 Å². The molecule has 1 fully saturated rings. The number of rotatable bonds is 10. The smallest absolute Gasteiger partial charge is 0.307 e. The molecule has 36 heavy (non-hydrogen) atoms. The largest absolute Gasteiger partial charge is 0.493 e. The molecule has 0 aromatic heterocycles. The average Bonchev–Trinajstić information content (AvgIpc) is 3.10. The fourth-order valence-electron chi connectivity index (χ4n) is 3.62. The van der Waals surface area contributed by atoms with Crippen LogP contribution in [0.1, 0.15) is 47.6 Å². The summed E-state index contributed by atoms with van der Waals surface area (Å²) in [6.07, 6.45) is 2.62. The Morgan fingerprint density at radius 3 is 2.56 bits per heavy atom. The summed E-state index contributed by atoms with van der Waals surface area (Å²) in [5.41, 5.74) is 5.51. The van der Waals surface area contributed by atoms with Crippen LogP contribution in [0.3, 0.4) is 0 Å². The summed E-state index contributed by atoms with van der Waals surface area (Å²) in [6, 6.07) is 8.00. The van der Waals surface area contributed by atoms with Gasteiger partial charge in [-0.3, -0.25) is 14.5 Å². The molecule has 9 heteroatoms. The van der Waals surface area contributed by atoms with Crippen molar-refractivity contribution in [3.8, 4) is 11.5 Å². The van der Waals surface area contributed by atoms with Gasteiger partial charge in [-0.05, 0) is 89.1 Å². The van der Waals surface area contributed by atoms with Gasteiger partial charge in [0, 0.05) is 6.54 Å². The van der Waals surface area contributed by atoms with Crippen molar-refractivity contribution < 1.29 is 23.8 Å². The van der Waals surface area contributed by atoms with Crippen LogP contribution in [0.5, 0.6) is 11.5 Å². The molecular weight excluding hydrogens is 562 g/mol. The minimum absolute atomic E-state index is 0.102. The number of nitrogens with zero attached hydrogens (tertiary/aromatic N) is 1. The number of hydrogen-bond donors (Lipinski definition) is 0. The molecule has 0 spiro atoms. The van der Waals surface area contributed by atoms with E-state index in [1.54, 1.807) is 13.2 Å². The Bertz CT molecular complexity index is 1210. The standard InChI is InChI=1S/C27H30BrNO5S2/c1-6-9-33-24(30)7-8-29-26(31)23(36-27(29)35)14-19-12-21(28)25(22(13-19)32-5)34-15-20-11-17(3)16(2)10-18(20)4/h10-14H,6-9,15H2,1-5H3/b23-14+. The van der Waals surface area contributed by atoms with Crippen LogP contribution in [0.15, 0.2) is 33.6 Å². The normalized spacial score (nSPS) is 14.5. The molecule has 2 aromatic carbocycles. The highest BCUT2D eigenvalue weighted by atomic mass is 79.9. The molecule has 0 bridgehead atoms. The lowest BCUT2D eigenvalue weighted by Gasteiger charge is -2.16.